The van der Waals surface area contributed by atoms with Gasteiger partial charge in [-0.25, -0.2) is 0 Å². The number of para-hydroxylation sites is 1. The lowest BCUT2D eigenvalue weighted by molar-refractivity contribution is 0.0712. The van der Waals surface area contributed by atoms with Gasteiger partial charge in [-0.05, 0) is 93.1 Å². The molecule has 5 aromatic carbocycles. The lowest BCUT2D eigenvalue weighted by Crippen LogP contribution is -2.31. The predicted octanol–water partition coefficient (Wildman–Crippen LogP) is 11.0. The van der Waals surface area contributed by atoms with E-state index in [9.17, 15) is 0 Å². The van der Waals surface area contributed by atoms with Gasteiger partial charge in [0, 0.05) is 39.0 Å². The molecule has 0 aliphatic heterocycles. The molecule has 0 aliphatic carbocycles. The second kappa shape index (κ2) is 13.6. The van der Waals surface area contributed by atoms with Crippen LogP contribution >= 0.6 is 0 Å². The Hall–Kier alpha value is -4.60. The van der Waals surface area contributed by atoms with Crippen molar-refractivity contribution in [2.75, 3.05) is 11.9 Å². The summed E-state index contributed by atoms with van der Waals surface area (Å²) < 4.78 is 8.99. The highest BCUT2D eigenvalue weighted by Gasteiger charge is 2.24. The van der Waals surface area contributed by atoms with E-state index in [1.807, 2.05) is 13.0 Å². The third-order valence-corrected chi connectivity index (χ3v) is 8.66. The van der Waals surface area contributed by atoms with Gasteiger partial charge in [-0.15, -0.1) is 0 Å². The Labute approximate surface area is 268 Å². The van der Waals surface area contributed by atoms with Crippen LogP contribution in [0.4, 0.5) is 5.69 Å². The van der Waals surface area contributed by atoms with Crippen molar-refractivity contribution in [1.82, 2.24) is 4.57 Å². The molecule has 0 fully saturated rings. The van der Waals surface area contributed by atoms with E-state index in [0.29, 0.717) is 6.61 Å². The van der Waals surface area contributed by atoms with Crippen molar-refractivity contribution < 1.29 is 4.74 Å². The Kier molecular flexibility index (Phi) is 9.18. The summed E-state index contributed by atoms with van der Waals surface area (Å²) in [6.07, 6.45) is 5.89. The topological polar surface area (TPSA) is 26.2 Å². The molecular weight excluding hydrogens is 548 g/mol. The van der Waals surface area contributed by atoms with Crippen LogP contribution in [0.2, 0.25) is 0 Å². The molecule has 3 nitrogen and oxygen atoms in total. The predicted molar refractivity (Wildman–Crippen MR) is 192 cm³/mol. The van der Waals surface area contributed by atoms with Gasteiger partial charge in [0.05, 0.1) is 6.61 Å². The van der Waals surface area contributed by atoms with Crippen molar-refractivity contribution in [2.45, 2.75) is 58.2 Å². The fourth-order valence-electron chi connectivity index (χ4n) is 6.47. The Morgan fingerprint density at radius 1 is 0.711 bits per heavy atom. The molecule has 2 atom stereocenters. The van der Waals surface area contributed by atoms with E-state index in [1.54, 1.807) is 0 Å². The third-order valence-electron chi connectivity index (χ3n) is 8.66. The van der Waals surface area contributed by atoms with Gasteiger partial charge in [-0.3, -0.25) is 0 Å². The lowest BCUT2D eigenvalue weighted by Gasteiger charge is -2.29. The Morgan fingerprint density at radius 3 is 2.07 bits per heavy atom. The minimum atomic E-state index is -0.182. The van der Waals surface area contributed by atoms with E-state index in [0.717, 1.165) is 18.5 Å². The van der Waals surface area contributed by atoms with Crippen LogP contribution in [0.15, 0.2) is 140 Å². The van der Waals surface area contributed by atoms with E-state index in [4.69, 9.17) is 4.74 Å². The van der Waals surface area contributed by atoms with Gasteiger partial charge in [0.2, 0.25) is 0 Å². The zero-order valence-corrected chi connectivity index (χ0v) is 26.9. The SMILES string of the molecule is C/C=C\COC(Nc1ccc(-c2ccc3c(c2)c2ccccc2n3C(C)(C)C)cc1)C(CCc1ccccc1)c1ccccc1. The number of aromatic nitrogens is 1. The van der Waals surface area contributed by atoms with E-state index in [2.05, 4.69) is 164 Å². The molecule has 1 aromatic heterocycles. The van der Waals surface area contributed by atoms with Gasteiger partial charge < -0.3 is 14.6 Å². The van der Waals surface area contributed by atoms with E-state index in [1.165, 1.54) is 44.1 Å². The van der Waals surface area contributed by atoms with E-state index < -0.39 is 0 Å². The van der Waals surface area contributed by atoms with E-state index >= 15 is 0 Å². The fraction of sp³-hybridized carbons (Fsp3) is 0.238. The van der Waals surface area contributed by atoms with Crippen molar-refractivity contribution in [3.8, 4) is 11.1 Å². The van der Waals surface area contributed by atoms with Crippen molar-refractivity contribution in [3.63, 3.8) is 0 Å². The molecule has 0 bridgehead atoms. The molecule has 0 aliphatic rings. The van der Waals surface area contributed by atoms with Crippen LogP contribution in [0.3, 0.4) is 0 Å². The van der Waals surface area contributed by atoms with Crippen molar-refractivity contribution in [2.24, 2.45) is 0 Å². The summed E-state index contributed by atoms with van der Waals surface area (Å²) in [4.78, 5) is 0. The van der Waals surface area contributed by atoms with Crippen LogP contribution in [0, 0.1) is 0 Å². The molecule has 6 aromatic rings. The smallest absolute Gasteiger partial charge is 0.135 e. The first-order valence-corrected chi connectivity index (χ1v) is 16.1. The Balaban J connectivity index is 1.29. The number of anilines is 1. The van der Waals surface area contributed by atoms with Crippen molar-refractivity contribution in [1.29, 1.82) is 0 Å². The van der Waals surface area contributed by atoms with Gasteiger partial charge in [0.15, 0.2) is 0 Å². The first kappa shape index (κ1) is 30.4. The van der Waals surface area contributed by atoms with Crippen molar-refractivity contribution in [3.05, 3.63) is 151 Å². The van der Waals surface area contributed by atoms with Crippen LogP contribution in [0.5, 0.6) is 0 Å². The number of rotatable bonds is 11. The van der Waals surface area contributed by atoms with Gasteiger partial charge >= 0.3 is 0 Å². The molecule has 6 rings (SSSR count). The summed E-state index contributed by atoms with van der Waals surface area (Å²) in [7, 11) is 0. The molecule has 228 valence electrons. The highest BCUT2D eigenvalue weighted by molar-refractivity contribution is 6.09. The van der Waals surface area contributed by atoms with Crippen LogP contribution in [0.25, 0.3) is 32.9 Å². The number of benzene rings is 5. The molecule has 1 N–H and O–H groups in total. The third kappa shape index (κ3) is 6.90. The fourth-order valence-corrected chi connectivity index (χ4v) is 6.47. The quantitative estimate of drug-likeness (QED) is 0.120. The van der Waals surface area contributed by atoms with Gasteiger partial charge in [0.1, 0.15) is 6.23 Å². The summed E-state index contributed by atoms with van der Waals surface area (Å²) in [6.45, 7) is 9.42. The number of hydrogen-bond acceptors (Lipinski definition) is 2. The summed E-state index contributed by atoms with van der Waals surface area (Å²) in [5, 5.41) is 6.36. The number of nitrogens with zero attached hydrogens (tertiary/aromatic N) is 1. The average molecular weight is 593 g/mol. The Morgan fingerprint density at radius 2 is 1.36 bits per heavy atom. The molecular formula is C42H44N2O. The normalized spacial score (nSPS) is 13.4. The lowest BCUT2D eigenvalue weighted by atomic mass is 9.90. The zero-order chi connectivity index (χ0) is 31.2. The van der Waals surface area contributed by atoms with Gasteiger partial charge in [-0.2, -0.15) is 0 Å². The summed E-state index contributed by atoms with van der Waals surface area (Å²) in [5.41, 5.74) is 8.64. The second-order valence-corrected chi connectivity index (χ2v) is 12.8. The summed E-state index contributed by atoms with van der Waals surface area (Å²) >= 11 is 0. The monoisotopic (exact) mass is 592 g/mol. The van der Waals surface area contributed by atoms with Crippen molar-refractivity contribution >= 4 is 27.5 Å². The molecule has 0 spiro atoms. The largest absolute Gasteiger partial charge is 0.360 e. The molecule has 0 radical (unpaired) electrons. The molecule has 2 unspecified atom stereocenters. The minimum Gasteiger partial charge on any atom is -0.360 e. The zero-order valence-electron chi connectivity index (χ0n) is 26.9. The number of nitrogens with one attached hydrogen (secondary N) is 1. The number of aryl methyl sites for hydroxylation is 1. The standard InChI is InChI=1S/C42H44N2O/c1-5-6-29-45-41(36(33-17-11-8-12-18-33)27-21-31-15-9-7-10-16-31)43-35-25-22-32(23-26-35)34-24-28-40-38(30-34)37-19-13-14-20-39(37)44(40)42(2,3)4/h5-20,22-26,28,30,36,41,43H,21,27,29H2,1-4H3/b6-5-. The first-order chi connectivity index (χ1) is 21.9. The highest BCUT2D eigenvalue weighted by atomic mass is 16.5. The number of fused-ring (bicyclic) bond motifs is 3. The summed E-state index contributed by atoms with van der Waals surface area (Å²) in [6, 6.07) is 45.9. The number of allylic oxidation sites excluding steroid dienone is 1. The van der Waals surface area contributed by atoms with Gasteiger partial charge in [0.25, 0.3) is 0 Å². The molecule has 3 heteroatoms. The second-order valence-electron chi connectivity index (χ2n) is 12.8. The molecule has 0 amide bonds. The highest BCUT2D eigenvalue weighted by Crippen LogP contribution is 2.37. The average Bonchev–Trinajstić information content (AvgIpc) is 3.41. The molecule has 0 saturated heterocycles. The molecule has 45 heavy (non-hydrogen) atoms. The maximum Gasteiger partial charge on any atom is 0.135 e. The van der Waals surface area contributed by atoms with E-state index in [-0.39, 0.29) is 17.7 Å². The number of ether oxygens (including phenoxy) is 1. The van der Waals surface area contributed by atoms with Crippen LogP contribution in [0.1, 0.15) is 51.2 Å². The minimum absolute atomic E-state index is 0.0135. The Bertz CT molecular complexity index is 1860. The maximum absolute atomic E-state index is 6.52. The maximum atomic E-state index is 6.52. The van der Waals surface area contributed by atoms with Gasteiger partial charge in [-0.1, -0.05) is 109 Å². The number of hydrogen-bond donors (Lipinski definition) is 1. The first-order valence-electron chi connectivity index (χ1n) is 16.1. The van der Waals surface area contributed by atoms with Crippen LogP contribution in [-0.2, 0) is 16.7 Å². The summed E-state index contributed by atoms with van der Waals surface area (Å²) in [5.74, 6) is 0.180. The van der Waals surface area contributed by atoms with Crippen LogP contribution < -0.4 is 5.32 Å². The molecule has 1 heterocycles. The van der Waals surface area contributed by atoms with Crippen LogP contribution in [-0.4, -0.2) is 17.4 Å². The molecule has 0 saturated carbocycles.